The Labute approximate surface area is 131 Å². The Balaban J connectivity index is 2.32. The standard InChI is InChI=1S/C13H16BrClN2O3/c1-20-7-6-16-12(18)4-5-17-13(19)9-2-3-10(14)11(15)8-9/h2-3,8H,4-7H2,1H3,(H,16,18)(H,17,19). The smallest absolute Gasteiger partial charge is 0.251 e. The van der Waals surface area contributed by atoms with Gasteiger partial charge in [0, 0.05) is 36.7 Å². The van der Waals surface area contributed by atoms with Gasteiger partial charge in [0.05, 0.1) is 11.6 Å². The number of ether oxygens (including phenoxy) is 1. The highest BCUT2D eigenvalue weighted by atomic mass is 79.9. The molecular weight excluding hydrogens is 348 g/mol. The van der Waals surface area contributed by atoms with Crippen molar-refractivity contribution in [2.24, 2.45) is 0 Å². The first-order chi connectivity index (χ1) is 9.54. The largest absolute Gasteiger partial charge is 0.383 e. The summed E-state index contributed by atoms with van der Waals surface area (Å²) in [5.41, 5.74) is 0.456. The van der Waals surface area contributed by atoms with Crippen LogP contribution in [-0.2, 0) is 9.53 Å². The van der Waals surface area contributed by atoms with Crippen LogP contribution >= 0.6 is 27.5 Å². The Bertz CT molecular complexity index is 483. The van der Waals surface area contributed by atoms with Gasteiger partial charge in [0.2, 0.25) is 5.91 Å². The van der Waals surface area contributed by atoms with Crippen molar-refractivity contribution in [1.82, 2.24) is 10.6 Å². The number of halogens is 2. The Morgan fingerprint density at radius 2 is 2.05 bits per heavy atom. The number of benzene rings is 1. The normalized spacial score (nSPS) is 10.2. The monoisotopic (exact) mass is 362 g/mol. The summed E-state index contributed by atoms with van der Waals surface area (Å²) in [5, 5.41) is 5.80. The van der Waals surface area contributed by atoms with Gasteiger partial charge in [-0.3, -0.25) is 9.59 Å². The van der Waals surface area contributed by atoms with Crippen LogP contribution in [0.2, 0.25) is 5.02 Å². The van der Waals surface area contributed by atoms with Gasteiger partial charge in [-0.25, -0.2) is 0 Å². The summed E-state index contributed by atoms with van der Waals surface area (Å²) in [7, 11) is 1.57. The van der Waals surface area contributed by atoms with E-state index in [0.29, 0.717) is 23.7 Å². The van der Waals surface area contributed by atoms with Gasteiger partial charge in [-0.2, -0.15) is 0 Å². The number of carbonyl (C=O) groups is 2. The van der Waals surface area contributed by atoms with Gasteiger partial charge in [-0.1, -0.05) is 11.6 Å². The van der Waals surface area contributed by atoms with Crippen molar-refractivity contribution in [2.75, 3.05) is 26.8 Å². The summed E-state index contributed by atoms with van der Waals surface area (Å²) in [6, 6.07) is 4.93. The third kappa shape index (κ3) is 5.90. The first kappa shape index (κ1) is 16.9. The van der Waals surface area contributed by atoms with Gasteiger partial charge in [-0.05, 0) is 34.1 Å². The number of hydrogen-bond acceptors (Lipinski definition) is 3. The molecule has 0 atom stereocenters. The zero-order chi connectivity index (χ0) is 15.0. The van der Waals surface area contributed by atoms with Crippen molar-refractivity contribution >= 4 is 39.3 Å². The van der Waals surface area contributed by atoms with Crippen LogP contribution in [0.1, 0.15) is 16.8 Å². The Morgan fingerprint density at radius 3 is 2.70 bits per heavy atom. The fourth-order valence-electron chi connectivity index (χ4n) is 1.41. The van der Waals surface area contributed by atoms with Crippen molar-refractivity contribution in [3.63, 3.8) is 0 Å². The predicted octanol–water partition coefficient (Wildman–Crippen LogP) is 1.99. The molecule has 0 saturated heterocycles. The fourth-order valence-corrected chi connectivity index (χ4v) is 1.84. The van der Waals surface area contributed by atoms with E-state index in [-0.39, 0.29) is 24.8 Å². The van der Waals surface area contributed by atoms with E-state index in [1.807, 2.05) is 0 Å². The molecule has 7 heteroatoms. The predicted molar refractivity (Wildman–Crippen MR) is 81.0 cm³/mol. The molecule has 0 unspecified atom stereocenters. The molecule has 0 radical (unpaired) electrons. The summed E-state index contributed by atoms with van der Waals surface area (Å²) < 4.78 is 5.54. The van der Waals surface area contributed by atoms with Gasteiger partial charge in [-0.15, -0.1) is 0 Å². The average Bonchev–Trinajstić information content (AvgIpc) is 2.42. The van der Waals surface area contributed by atoms with Crippen molar-refractivity contribution < 1.29 is 14.3 Å². The third-order valence-electron chi connectivity index (χ3n) is 2.45. The van der Waals surface area contributed by atoms with Crippen LogP contribution in [0.15, 0.2) is 22.7 Å². The lowest BCUT2D eigenvalue weighted by Crippen LogP contribution is -2.32. The molecule has 110 valence electrons. The maximum absolute atomic E-state index is 11.8. The van der Waals surface area contributed by atoms with Gasteiger partial charge < -0.3 is 15.4 Å². The number of nitrogens with one attached hydrogen (secondary N) is 2. The SMILES string of the molecule is COCCNC(=O)CCNC(=O)c1ccc(Br)c(Cl)c1. The number of methoxy groups -OCH3 is 1. The Kier molecular flexibility index (Phi) is 7.58. The molecule has 0 aliphatic heterocycles. The number of rotatable bonds is 7. The van der Waals surface area contributed by atoms with E-state index < -0.39 is 0 Å². The highest BCUT2D eigenvalue weighted by Crippen LogP contribution is 2.23. The van der Waals surface area contributed by atoms with Crippen LogP contribution in [0.3, 0.4) is 0 Å². The second-order valence-electron chi connectivity index (χ2n) is 3.98. The van der Waals surface area contributed by atoms with Gasteiger partial charge in [0.15, 0.2) is 0 Å². The highest BCUT2D eigenvalue weighted by molar-refractivity contribution is 9.10. The highest BCUT2D eigenvalue weighted by Gasteiger charge is 2.08. The lowest BCUT2D eigenvalue weighted by molar-refractivity contribution is -0.121. The minimum atomic E-state index is -0.260. The topological polar surface area (TPSA) is 67.4 Å². The summed E-state index contributed by atoms with van der Waals surface area (Å²) in [4.78, 5) is 23.2. The molecule has 0 heterocycles. The number of amides is 2. The number of hydrogen-bond donors (Lipinski definition) is 2. The quantitative estimate of drug-likeness (QED) is 0.728. The zero-order valence-corrected chi connectivity index (χ0v) is 13.4. The molecule has 0 fully saturated rings. The number of carbonyl (C=O) groups excluding carboxylic acids is 2. The van der Waals surface area contributed by atoms with E-state index in [4.69, 9.17) is 16.3 Å². The van der Waals surface area contributed by atoms with Crippen LogP contribution in [0.5, 0.6) is 0 Å². The van der Waals surface area contributed by atoms with E-state index in [1.54, 1.807) is 25.3 Å². The maximum atomic E-state index is 11.8. The average molecular weight is 364 g/mol. The fraction of sp³-hybridized carbons (Fsp3) is 0.385. The van der Waals surface area contributed by atoms with Gasteiger partial charge >= 0.3 is 0 Å². The lowest BCUT2D eigenvalue weighted by Gasteiger charge is -2.07. The van der Waals surface area contributed by atoms with Crippen molar-refractivity contribution in [1.29, 1.82) is 0 Å². The van der Waals surface area contributed by atoms with Crippen LogP contribution in [-0.4, -0.2) is 38.6 Å². The maximum Gasteiger partial charge on any atom is 0.251 e. The van der Waals surface area contributed by atoms with E-state index >= 15 is 0 Å². The molecule has 2 amide bonds. The van der Waals surface area contributed by atoms with E-state index in [9.17, 15) is 9.59 Å². The summed E-state index contributed by atoms with van der Waals surface area (Å²) in [6.45, 7) is 1.20. The molecule has 0 aliphatic rings. The minimum absolute atomic E-state index is 0.129. The first-order valence-electron chi connectivity index (χ1n) is 6.03. The molecule has 1 rings (SSSR count). The molecule has 0 saturated carbocycles. The first-order valence-corrected chi connectivity index (χ1v) is 7.20. The molecule has 5 nitrogen and oxygen atoms in total. The molecule has 20 heavy (non-hydrogen) atoms. The van der Waals surface area contributed by atoms with Crippen molar-refractivity contribution in [3.05, 3.63) is 33.3 Å². The summed E-state index contributed by atoms with van der Waals surface area (Å²) >= 11 is 9.16. The molecule has 2 N–H and O–H groups in total. The molecule has 0 bridgehead atoms. The van der Waals surface area contributed by atoms with Crippen LogP contribution in [0.25, 0.3) is 0 Å². The van der Waals surface area contributed by atoms with E-state index in [2.05, 4.69) is 26.6 Å². The minimum Gasteiger partial charge on any atom is -0.383 e. The lowest BCUT2D eigenvalue weighted by atomic mass is 10.2. The molecule has 0 aliphatic carbocycles. The molecule has 0 aromatic heterocycles. The Morgan fingerprint density at radius 1 is 1.30 bits per heavy atom. The summed E-state index contributed by atoms with van der Waals surface area (Å²) in [5.74, 6) is -0.389. The second-order valence-corrected chi connectivity index (χ2v) is 5.24. The van der Waals surface area contributed by atoms with Crippen molar-refractivity contribution in [2.45, 2.75) is 6.42 Å². The van der Waals surface area contributed by atoms with Gasteiger partial charge in [0.25, 0.3) is 5.91 Å². The van der Waals surface area contributed by atoms with E-state index in [0.717, 1.165) is 4.47 Å². The Hall–Kier alpha value is -1.11. The molecule has 1 aromatic rings. The van der Waals surface area contributed by atoms with E-state index in [1.165, 1.54) is 0 Å². The van der Waals surface area contributed by atoms with Crippen molar-refractivity contribution in [3.8, 4) is 0 Å². The molecular formula is C13H16BrClN2O3. The van der Waals surface area contributed by atoms with Gasteiger partial charge in [0.1, 0.15) is 0 Å². The third-order valence-corrected chi connectivity index (χ3v) is 3.68. The second kappa shape index (κ2) is 8.94. The molecule has 0 spiro atoms. The molecule has 1 aromatic carbocycles. The zero-order valence-electron chi connectivity index (χ0n) is 11.0. The summed E-state index contributed by atoms with van der Waals surface area (Å²) in [6.07, 6.45) is 0.222. The van der Waals surface area contributed by atoms with Crippen LogP contribution in [0, 0.1) is 0 Å². The van der Waals surface area contributed by atoms with Crippen LogP contribution < -0.4 is 10.6 Å². The van der Waals surface area contributed by atoms with Crippen LogP contribution in [0.4, 0.5) is 0 Å².